The van der Waals surface area contributed by atoms with Crippen LogP contribution in [0.2, 0.25) is 30.1 Å². The number of sulfonamides is 3. The highest BCUT2D eigenvalue weighted by Crippen LogP contribution is 2.42. The first kappa shape index (κ1) is 95.6. The van der Waals surface area contributed by atoms with Crippen LogP contribution in [-0.2, 0) is 107 Å². The number of ether oxygens (including phenoxy) is 7. The van der Waals surface area contributed by atoms with Gasteiger partial charge < -0.3 is 74.2 Å². The fraction of sp³-hybridized carbons (Fsp3) is 0.487. The summed E-state index contributed by atoms with van der Waals surface area (Å²) in [5.74, 6) is -4.01. The summed E-state index contributed by atoms with van der Waals surface area (Å²) in [6, 6.07) is 30.9. The lowest BCUT2D eigenvalue weighted by molar-refractivity contribution is -0.144. The van der Waals surface area contributed by atoms with Crippen LogP contribution in [0.25, 0.3) is 0 Å². The van der Waals surface area contributed by atoms with Crippen LogP contribution in [0.15, 0.2) is 124 Å². The van der Waals surface area contributed by atoms with Gasteiger partial charge in [0.25, 0.3) is 0 Å². The molecule has 118 heavy (non-hydrogen) atoms. The first-order valence-corrected chi connectivity index (χ1v) is 45.2. The zero-order valence-electron chi connectivity index (χ0n) is 65.9. The monoisotopic (exact) mass is 1810 g/mol. The fourth-order valence-electron chi connectivity index (χ4n) is 14.3. The van der Waals surface area contributed by atoms with Gasteiger partial charge in [-0.15, -0.1) is 0 Å². The number of carbonyl (C=O) groups excluding carboxylic acids is 4. The standard InChI is InChI=1S/C80H102Cl6N10O19S3/c1-94-46-66(63-40-57(81)43-72(84)69(63)49-94)54-7-4-10-60(37-54)116(103,104)90-22-28-112-34-31-109-25-19-87-75(97)13-16-80(93-78(100)52-115-53-79(101)102,17-14-76(98)88-20-26-110-32-35-113-29-23-91-117(105,106)61-11-5-8-55(38-61)67-47-95(2)50-70-64(67)41-58(82)44-73(70)85)18-15-77(99)89-21-27-111-33-36-114-30-24-92-118(107,108)62-12-6-9-56(39-62)68-48-96(3)51-71-65(68)42-59(83)45-74(71)86/h4-12,37-45,66-68,90-92H,13-36,46-53H2,1-3H3,(H,87,97)(H,88,98)(H,89,99)(H,93,100)(H,101,102)/t66-,67-,68?/m0/s1. The van der Waals surface area contributed by atoms with Crippen molar-refractivity contribution in [1.29, 1.82) is 0 Å². The van der Waals surface area contributed by atoms with E-state index in [-0.39, 0.29) is 190 Å². The topological polar surface area (TPSA) is 367 Å². The van der Waals surface area contributed by atoms with Gasteiger partial charge in [0.1, 0.15) is 13.2 Å². The molecule has 0 saturated heterocycles. The number of benzene rings is 6. The lowest BCUT2D eigenvalue weighted by atomic mass is 9.83. The largest absolute Gasteiger partial charge is 0.480 e. The molecule has 0 aliphatic carbocycles. The maximum Gasteiger partial charge on any atom is 0.329 e. The Kier molecular flexibility index (Phi) is 37.9. The summed E-state index contributed by atoms with van der Waals surface area (Å²) >= 11 is 38.9. The third kappa shape index (κ3) is 29.8. The van der Waals surface area contributed by atoms with E-state index in [1.54, 1.807) is 54.6 Å². The number of carboxylic acids is 1. The lowest BCUT2D eigenvalue weighted by Gasteiger charge is -2.35. The molecular weight excluding hydrogens is 1710 g/mol. The van der Waals surface area contributed by atoms with Gasteiger partial charge >= 0.3 is 5.97 Å². The Hall–Kier alpha value is -6.26. The summed E-state index contributed by atoms with van der Waals surface area (Å²) in [6.45, 7) is 3.24. The van der Waals surface area contributed by atoms with Gasteiger partial charge in [0, 0.05) is 151 Å². The molecule has 0 fully saturated rings. The van der Waals surface area contributed by atoms with Gasteiger partial charge in [-0.1, -0.05) is 106 Å². The molecule has 6 aromatic carbocycles. The van der Waals surface area contributed by atoms with Gasteiger partial charge in [-0.05, 0) is 163 Å². The molecular formula is C80H102Cl6N10O19S3. The Morgan fingerprint density at radius 2 is 0.678 bits per heavy atom. The number of halogens is 6. The number of hydrogen-bond donors (Lipinski definition) is 8. The lowest BCUT2D eigenvalue weighted by Crippen LogP contribution is -2.51. The predicted molar refractivity (Wildman–Crippen MR) is 450 cm³/mol. The van der Waals surface area contributed by atoms with Crippen molar-refractivity contribution in [2.45, 2.75) is 96.1 Å². The van der Waals surface area contributed by atoms with Crippen molar-refractivity contribution in [3.8, 4) is 0 Å². The fourth-order valence-corrected chi connectivity index (χ4v) is 19.2. The normalized spacial score (nSPS) is 16.1. The maximum atomic E-state index is 13.6. The molecule has 3 aliphatic rings. The molecule has 29 nitrogen and oxygen atoms in total. The SMILES string of the molecule is CN1Cc2c(Cl)cc(Cl)cc2C(c2cccc(S(=O)(=O)NCCOCCOCCNC(=O)CCC(CCC(=O)NCCOCCOCCNS(=O)(=O)c3cccc([C@@H]4CN(C)Cc5c(Cl)cc(Cl)cc54)c3)(CCC(=O)NCCOCCOCCNS(=O)(=O)c3cccc([C@@H]4CN(C)Cc5c(Cl)cc(Cl)cc54)c3)NC(=O)COCC(=O)O)c2)C1. The number of carboxylic acid groups (broad SMARTS) is 1. The summed E-state index contributed by atoms with van der Waals surface area (Å²) in [6.07, 6.45) is -0.938. The molecule has 38 heteroatoms. The number of aliphatic carboxylic acids is 1. The van der Waals surface area contributed by atoms with E-state index in [4.69, 9.17) is 103 Å². The average Bonchev–Trinajstić information content (AvgIpc) is 0.780. The second kappa shape index (κ2) is 46.8. The van der Waals surface area contributed by atoms with Crippen molar-refractivity contribution < 1.29 is 87.5 Å². The van der Waals surface area contributed by atoms with Crippen molar-refractivity contribution >= 4 is 129 Å². The number of amides is 4. The number of carbonyl (C=O) groups is 5. The molecule has 3 heterocycles. The van der Waals surface area contributed by atoms with Crippen molar-refractivity contribution in [2.24, 2.45) is 0 Å². The van der Waals surface area contributed by atoms with E-state index in [0.717, 1.165) is 50.1 Å². The number of nitrogens with one attached hydrogen (secondary N) is 7. The summed E-state index contributed by atoms with van der Waals surface area (Å²) in [5, 5.41) is 23.5. The summed E-state index contributed by atoms with van der Waals surface area (Å²) in [4.78, 5) is 72.2. The highest BCUT2D eigenvalue weighted by atomic mass is 35.5. The second-order valence-corrected chi connectivity index (χ2v) is 36.8. The molecule has 9 rings (SSSR count). The number of nitrogens with zero attached hydrogens (tertiary/aromatic N) is 3. The van der Waals surface area contributed by atoms with Crippen molar-refractivity contribution in [1.82, 2.24) is 50.1 Å². The van der Waals surface area contributed by atoms with Crippen LogP contribution in [0, 0.1) is 0 Å². The third-order valence-electron chi connectivity index (χ3n) is 20.0. The number of rotatable bonds is 50. The van der Waals surface area contributed by atoms with E-state index in [2.05, 4.69) is 50.1 Å². The average molecular weight is 1820 g/mol. The first-order valence-electron chi connectivity index (χ1n) is 38.5. The van der Waals surface area contributed by atoms with Crippen molar-refractivity contribution in [3.63, 3.8) is 0 Å². The van der Waals surface area contributed by atoms with E-state index < -0.39 is 78.4 Å². The Balaban J connectivity index is 0.709. The van der Waals surface area contributed by atoms with Crippen LogP contribution < -0.4 is 35.4 Å². The van der Waals surface area contributed by atoms with Crippen LogP contribution in [0.1, 0.15) is 106 Å². The Labute approximate surface area is 719 Å². The van der Waals surface area contributed by atoms with Crippen LogP contribution in [0.4, 0.5) is 0 Å². The zero-order valence-corrected chi connectivity index (χ0v) is 72.9. The molecule has 646 valence electrons. The summed E-state index contributed by atoms with van der Waals surface area (Å²) in [5.41, 5.74) is 6.61. The summed E-state index contributed by atoms with van der Waals surface area (Å²) in [7, 11) is -5.87. The maximum absolute atomic E-state index is 13.6. The van der Waals surface area contributed by atoms with Crippen LogP contribution in [0.5, 0.6) is 0 Å². The van der Waals surface area contributed by atoms with Crippen LogP contribution >= 0.6 is 69.6 Å². The van der Waals surface area contributed by atoms with Gasteiger partial charge in [0.2, 0.25) is 53.7 Å². The van der Waals surface area contributed by atoms with Gasteiger partial charge in [-0.2, -0.15) is 0 Å². The molecule has 1 unspecified atom stereocenters. The van der Waals surface area contributed by atoms with E-state index in [9.17, 15) is 54.3 Å². The zero-order chi connectivity index (χ0) is 85.0. The number of hydrogen-bond acceptors (Lipinski definition) is 21. The quantitative estimate of drug-likeness (QED) is 0.0166. The molecule has 8 N–H and O–H groups in total. The molecule has 6 aromatic rings. The molecule has 0 aromatic heterocycles. The smallest absolute Gasteiger partial charge is 0.329 e. The molecule has 0 spiro atoms. The molecule has 0 radical (unpaired) electrons. The molecule has 3 aliphatic heterocycles. The van der Waals surface area contributed by atoms with Crippen LogP contribution in [0.3, 0.4) is 0 Å². The number of fused-ring (bicyclic) bond motifs is 3. The highest BCUT2D eigenvalue weighted by Gasteiger charge is 2.36. The molecule has 0 saturated carbocycles. The van der Waals surface area contributed by atoms with Gasteiger partial charge in [-0.3, -0.25) is 19.2 Å². The minimum atomic E-state index is -3.93. The van der Waals surface area contributed by atoms with Crippen LogP contribution in [-0.4, -0.2) is 253 Å². The predicted octanol–water partition coefficient (Wildman–Crippen LogP) is 8.32. The highest BCUT2D eigenvalue weighted by molar-refractivity contribution is 7.90. The van der Waals surface area contributed by atoms with Crippen molar-refractivity contribution in [2.75, 3.05) is 173 Å². The van der Waals surface area contributed by atoms with Crippen molar-refractivity contribution in [3.05, 3.63) is 189 Å². The Morgan fingerprint density at radius 1 is 0.390 bits per heavy atom. The molecule has 4 amide bonds. The van der Waals surface area contributed by atoms with E-state index in [0.29, 0.717) is 69.4 Å². The Morgan fingerprint density at radius 3 is 0.966 bits per heavy atom. The third-order valence-corrected chi connectivity index (χ3v) is 26.0. The number of likely N-dealkylation sites (N-methyl/N-ethyl adjacent to an activating group) is 3. The van der Waals surface area contributed by atoms with Gasteiger partial charge in [0.15, 0.2) is 0 Å². The summed E-state index contributed by atoms with van der Waals surface area (Å²) < 4.78 is 127. The molecule has 3 atom stereocenters. The van der Waals surface area contributed by atoms with E-state index in [1.807, 2.05) is 57.5 Å². The molecule has 0 bridgehead atoms. The van der Waals surface area contributed by atoms with E-state index >= 15 is 0 Å². The first-order chi connectivity index (χ1) is 56.4. The van der Waals surface area contributed by atoms with E-state index in [1.165, 1.54) is 18.2 Å². The van der Waals surface area contributed by atoms with Gasteiger partial charge in [-0.25, -0.2) is 44.2 Å². The van der Waals surface area contributed by atoms with Gasteiger partial charge in [0.05, 0.1) is 94.0 Å². The second-order valence-electron chi connectivity index (χ2n) is 29.0. The minimum absolute atomic E-state index is 0.0280. The minimum Gasteiger partial charge on any atom is -0.480 e. The Bertz CT molecular complexity index is 4340.